The third kappa shape index (κ3) is 2.16. The minimum absolute atomic E-state index is 0.759. The molecular formula is C13H19N. The van der Waals surface area contributed by atoms with Gasteiger partial charge in [0, 0.05) is 6.04 Å². The van der Waals surface area contributed by atoms with E-state index >= 15 is 0 Å². The molecule has 14 heavy (non-hydrogen) atoms. The van der Waals surface area contributed by atoms with Gasteiger partial charge in [0.1, 0.15) is 0 Å². The maximum atomic E-state index is 3.38. The van der Waals surface area contributed by atoms with E-state index in [2.05, 4.69) is 42.7 Å². The van der Waals surface area contributed by atoms with E-state index in [0.29, 0.717) is 0 Å². The minimum atomic E-state index is 0.759. The van der Waals surface area contributed by atoms with Crippen LogP contribution in [0.2, 0.25) is 0 Å². The molecule has 0 spiro atoms. The van der Waals surface area contributed by atoms with Gasteiger partial charge < -0.3 is 5.32 Å². The Balaban J connectivity index is 1.96. The first-order valence-corrected chi connectivity index (χ1v) is 5.62. The molecule has 1 aromatic rings. The molecule has 1 fully saturated rings. The molecule has 1 heteroatoms. The summed E-state index contributed by atoms with van der Waals surface area (Å²) < 4.78 is 0. The van der Waals surface area contributed by atoms with E-state index in [4.69, 9.17) is 0 Å². The molecule has 76 valence electrons. The van der Waals surface area contributed by atoms with Crippen molar-refractivity contribution in [1.29, 1.82) is 0 Å². The molecule has 1 nitrogen and oxygen atoms in total. The molecule has 1 aromatic carbocycles. The molecule has 0 aromatic heterocycles. The Bertz CT molecular complexity index is 260. The van der Waals surface area contributed by atoms with E-state index in [1.807, 2.05) is 0 Å². The lowest BCUT2D eigenvalue weighted by Gasteiger charge is -2.28. The van der Waals surface area contributed by atoms with Crippen molar-refractivity contribution in [3.63, 3.8) is 0 Å². The average Bonchev–Trinajstić information content (AvgIpc) is 2.30. The van der Waals surface area contributed by atoms with Gasteiger partial charge in [-0.05, 0) is 44.2 Å². The molecule has 0 heterocycles. The molecule has 0 amide bonds. The van der Waals surface area contributed by atoms with Crippen LogP contribution in [0.15, 0.2) is 30.3 Å². The summed E-state index contributed by atoms with van der Waals surface area (Å²) in [6.07, 6.45) is 5.34. The van der Waals surface area contributed by atoms with Crippen molar-refractivity contribution in [2.45, 2.75) is 37.6 Å². The monoisotopic (exact) mass is 189 g/mol. The summed E-state index contributed by atoms with van der Waals surface area (Å²) in [5, 5.41) is 3.38. The van der Waals surface area contributed by atoms with Crippen LogP contribution in [-0.2, 0) is 0 Å². The third-order valence-corrected chi connectivity index (χ3v) is 3.41. The first kappa shape index (κ1) is 9.72. The largest absolute Gasteiger partial charge is 0.317 e. The van der Waals surface area contributed by atoms with Gasteiger partial charge in [-0.15, -0.1) is 0 Å². The first-order valence-electron chi connectivity index (χ1n) is 5.62. The van der Waals surface area contributed by atoms with Crippen molar-refractivity contribution in [3.8, 4) is 0 Å². The Morgan fingerprint density at radius 1 is 1.00 bits per heavy atom. The molecule has 1 aliphatic carbocycles. The van der Waals surface area contributed by atoms with Crippen LogP contribution in [0.5, 0.6) is 0 Å². The summed E-state index contributed by atoms with van der Waals surface area (Å²) in [4.78, 5) is 0. The van der Waals surface area contributed by atoms with Crippen molar-refractivity contribution in [2.24, 2.45) is 0 Å². The second-order valence-electron chi connectivity index (χ2n) is 4.25. The zero-order valence-electron chi connectivity index (χ0n) is 8.87. The summed E-state index contributed by atoms with van der Waals surface area (Å²) in [5.41, 5.74) is 1.53. The molecular weight excluding hydrogens is 170 g/mol. The van der Waals surface area contributed by atoms with Crippen LogP contribution >= 0.6 is 0 Å². The summed E-state index contributed by atoms with van der Waals surface area (Å²) in [7, 11) is 2.08. The number of rotatable bonds is 2. The van der Waals surface area contributed by atoms with Gasteiger partial charge in [-0.2, -0.15) is 0 Å². The fourth-order valence-corrected chi connectivity index (χ4v) is 2.44. The van der Waals surface area contributed by atoms with E-state index in [-0.39, 0.29) is 0 Å². The Morgan fingerprint density at radius 2 is 1.64 bits per heavy atom. The van der Waals surface area contributed by atoms with E-state index in [9.17, 15) is 0 Å². The fourth-order valence-electron chi connectivity index (χ4n) is 2.44. The highest BCUT2D eigenvalue weighted by atomic mass is 14.9. The van der Waals surface area contributed by atoms with Crippen LogP contribution in [0.3, 0.4) is 0 Å². The highest BCUT2D eigenvalue weighted by molar-refractivity contribution is 5.19. The number of nitrogens with one attached hydrogen (secondary N) is 1. The summed E-state index contributed by atoms with van der Waals surface area (Å²) >= 11 is 0. The lowest BCUT2D eigenvalue weighted by molar-refractivity contribution is 0.359. The SMILES string of the molecule is CNC1CCC(c2ccccc2)CC1. The van der Waals surface area contributed by atoms with Crippen LogP contribution in [0.25, 0.3) is 0 Å². The Morgan fingerprint density at radius 3 is 2.21 bits per heavy atom. The average molecular weight is 189 g/mol. The van der Waals surface area contributed by atoms with Crippen LogP contribution in [0, 0.1) is 0 Å². The molecule has 1 saturated carbocycles. The van der Waals surface area contributed by atoms with Gasteiger partial charge in [0.05, 0.1) is 0 Å². The Kier molecular flexibility index (Phi) is 3.20. The molecule has 0 bridgehead atoms. The number of hydrogen-bond donors (Lipinski definition) is 1. The maximum Gasteiger partial charge on any atom is 0.00644 e. The zero-order chi connectivity index (χ0) is 9.80. The highest BCUT2D eigenvalue weighted by Gasteiger charge is 2.20. The number of hydrogen-bond acceptors (Lipinski definition) is 1. The molecule has 0 radical (unpaired) electrons. The summed E-state index contributed by atoms with van der Waals surface area (Å²) in [6, 6.07) is 11.7. The molecule has 2 rings (SSSR count). The lowest BCUT2D eigenvalue weighted by Crippen LogP contribution is -2.29. The molecule has 1 aliphatic rings. The van der Waals surface area contributed by atoms with Crippen LogP contribution in [0.4, 0.5) is 0 Å². The predicted octanol–water partition coefficient (Wildman–Crippen LogP) is 2.93. The Labute approximate surface area is 86.5 Å². The second kappa shape index (κ2) is 4.61. The smallest absolute Gasteiger partial charge is 0.00644 e. The van der Waals surface area contributed by atoms with Gasteiger partial charge in [-0.25, -0.2) is 0 Å². The summed E-state index contributed by atoms with van der Waals surface area (Å²) in [6.45, 7) is 0. The van der Waals surface area contributed by atoms with Gasteiger partial charge in [0.25, 0.3) is 0 Å². The van der Waals surface area contributed by atoms with Gasteiger partial charge in [0.15, 0.2) is 0 Å². The van der Waals surface area contributed by atoms with Crippen molar-refractivity contribution in [1.82, 2.24) is 5.32 Å². The van der Waals surface area contributed by atoms with Crippen LogP contribution in [0.1, 0.15) is 37.2 Å². The zero-order valence-corrected chi connectivity index (χ0v) is 8.87. The standard InChI is InChI=1S/C13H19N/c1-14-13-9-7-12(8-10-13)11-5-3-2-4-6-11/h2-6,12-14H,7-10H2,1H3. The van der Waals surface area contributed by atoms with Gasteiger partial charge in [0.2, 0.25) is 0 Å². The van der Waals surface area contributed by atoms with E-state index < -0.39 is 0 Å². The van der Waals surface area contributed by atoms with E-state index in [1.54, 1.807) is 0 Å². The molecule has 0 aliphatic heterocycles. The van der Waals surface area contributed by atoms with E-state index in [1.165, 1.54) is 31.2 Å². The minimum Gasteiger partial charge on any atom is -0.317 e. The molecule has 0 atom stereocenters. The van der Waals surface area contributed by atoms with Crippen LogP contribution in [-0.4, -0.2) is 13.1 Å². The van der Waals surface area contributed by atoms with Crippen LogP contribution < -0.4 is 5.32 Å². The highest BCUT2D eigenvalue weighted by Crippen LogP contribution is 2.32. The fraction of sp³-hybridized carbons (Fsp3) is 0.538. The Hall–Kier alpha value is -0.820. The van der Waals surface area contributed by atoms with Crippen molar-refractivity contribution in [2.75, 3.05) is 7.05 Å². The maximum absolute atomic E-state index is 3.38. The van der Waals surface area contributed by atoms with E-state index in [0.717, 1.165) is 12.0 Å². The quantitative estimate of drug-likeness (QED) is 0.754. The third-order valence-electron chi connectivity index (χ3n) is 3.41. The molecule has 0 unspecified atom stereocenters. The van der Waals surface area contributed by atoms with Crippen molar-refractivity contribution < 1.29 is 0 Å². The second-order valence-corrected chi connectivity index (χ2v) is 4.25. The lowest BCUT2D eigenvalue weighted by atomic mass is 9.82. The van der Waals surface area contributed by atoms with Gasteiger partial charge in [-0.3, -0.25) is 0 Å². The van der Waals surface area contributed by atoms with Crippen molar-refractivity contribution >= 4 is 0 Å². The van der Waals surface area contributed by atoms with Crippen molar-refractivity contribution in [3.05, 3.63) is 35.9 Å². The topological polar surface area (TPSA) is 12.0 Å². The first-order chi connectivity index (χ1) is 6.90. The molecule has 1 N–H and O–H groups in total. The molecule has 0 saturated heterocycles. The number of benzene rings is 1. The van der Waals surface area contributed by atoms with Gasteiger partial charge >= 0.3 is 0 Å². The summed E-state index contributed by atoms with van der Waals surface area (Å²) in [5.74, 6) is 0.806. The van der Waals surface area contributed by atoms with Gasteiger partial charge in [-0.1, -0.05) is 30.3 Å². The predicted molar refractivity (Wildman–Crippen MR) is 60.5 cm³/mol. The normalized spacial score (nSPS) is 27.5.